The Morgan fingerprint density at radius 2 is 1.12 bits per heavy atom. The fourth-order valence-corrected chi connectivity index (χ4v) is 2.08. The van der Waals surface area contributed by atoms with E-state index in [1.807, 2.05) is 36.4 Å². The van der Waals surface area contributed by atoms with Crippen LogP contribution in [0.2, 0.25) is 0 Å². The van der Waals surface area contributed by atoms with E-state index in [0.29, 0.717) is 0 Å². The molecule has 2 heteroatoms. The molecule has 0 bridgehead atoms. The summed E-state index contributed by atoms with van der Waals surface area (Å²) in [4.78, 5) is 0. The van der Waals surface area contributed by atoms with Gasteiger partial charge in [0.1, 0.15) is 0 Å². The molecule has 2 aromatic rings. The molecular weight excluding hydrogens is 218 g/mol. The Hall–Kier alpha value is -1.47. The van der Waals surface area contributed by atoms with Crippen LogP contribution in [0.3, 0.4) is 0 Å². The quantitative estimate of drug-likeness (QED) is 0.683. The van der Waals surface area contributed by atoms with Crippen molar-refractivity contribution in [3.05, 3.63) is 59.7 Å². The van der Waals surface area contributed by atoms with Gasteiger partial charge in [0.2, 0.25) is 0 Å². The Morgan fingerprint density at radius 3 is 1.50 bits per heavy atom. The Kier molecular flexibility index (Phi) is 3.16. The zero-order valence-corrected chi connectivity index (χ0v) is 10.2. The summed E-state index contributed by atoms with van der Waals surface area (Å²) >= 11 is 6.38. The molecular formula is C14H14ClN. The van der Waals surface area contributed by atoms with Gasteiger partial charge in [0.05, 0.1) is 11.4 Å². The highest BCUT2D eigenvalue weighted by Gasteiger charge is 2.10. The second kappa shape index (κ2) is 4.58. The van der Waals surface area contributed by atoms with E-state index < -0.39 is 0 Å². The lowest BCUT2D eigenvalue weighted by Gasteiger charge is -2.19. The van der Waals surface area contributed by atoms with Gasteiger partial charge in [-0.25, -0.2) is 0 Å². The number of hydrogen-bond acceptors (Lipinski definition) is 1. The van der Waals surface area contributed by atoms with Crippen LogP contribution in [-0.2, 0) is 0 Å². The Labute approximate surface area is 101 Å². The van der Waals surface area contributed by atoms with Gasteiger partial charge in [0.25, 0.3) is 0 Å². The molecule has 0 saturated carbocycles. The number of aryl methyl sites for hydroxylation is 2. The van der Waals surface area contributed by atoms with Gasteiger partial charge in [-0.05, 0) is 37.1 Å². The van der Waals surface area contributed by atoms with E-state index in [-0.39, 0.29) is 0 Å². The number of halogens is 1. The summed E-state index contributed by atoms with van der Waals surface area (Å²) in [5.41, 5.74) is 4.39. The molecule has 2 aromatic carbocycles. The van der Waals surface area contributed by atoms with Crippen molar-refractivity contribution in [1.82, 2.24) is 0 Å². The fraction of sp³-hybridized carbons (Fsp3) is 0.143. The first-order valence-corrected chi connectivity index (χ1v) is 5.61. The predicted octanol–water partition coefficient (Wildman–Crippen LogP) is 4.60. The Balaban J connectivity index is 2.44. The molecule has 0 amide bonds. The minimum absolute atomic E-state index is 1.03. The first-order chi connectivity index (χ1) is 7.70. The van der Waals surface area contributed by atoms with Crippen LogP contribution in [0.25, 0.3) is 0 Å². The lowest BCUT2D eigenvalue weighted by atomic mass is 10.1. The van der Waals surface area contributed by atoms with Crippen molar-refractivity contribution in [3.8, 4) is 0 Å². The van der Waals surface area contributed by atoms with Crippen LogP contribution in [0.5, 0.6) is 0 Å². The fourth-order valence-electron chi connectivity index (χ4n) is 1.70. The molecule has 0 unspecified atom stereocenters. The van der Waals surface area contributed by atoms with Crippen LogP contribution in [-0.4, -0.2) is 0 Å². The monoisotopic (exact) mass is 231 g/mol. The maximum absolute atomic E-state index is 6.38. The van der Waals surface area contributed by atoms with Crippen LogP contribution in [0.1, 0.15) is 11.1 Å². The molecule has 0 spiro atoms. The summed E-state index contributed by atoms with van der Waals surface area (Å²) in [5.74, 6) is 0. The second-order valence-electron chi connectivity index (χ2n) is 3.85. The molecule has 0 atom stereocenters. The highest BCUT2D eigenvalue weighted by molar-refractivity contribution is 6.29. The van der Waals surface area contributed by atoms with Crippen LogP contribution in [0.4, 0.5) is 11.4 Å². The van der Waals surface area contributed by atoms with Crippen molar-refractivity contribution >= 4 is 23.2 Å². The summed E-state index contributed by atoms with van der Waals surface area (Å²) in [7, 11) is 0. The molecule has 0 aromatic heterocycles. The van der Waals surface area contributed by atoms with Gasteiger partial charge < -0.3 is 0 Å². The molecule has 2 rings (SSSR count). The maximum atomic E-state index is 6.38. The SMILES string of the molecule is Cc1ccccc1N(Cl)c1ccccc1C. The number of nitrogens with zero attached hydrogens (tertiary/aromatic N) is 1. The maximum Gasteiger partial charge on any atom is 0.0610 e. The van der Waals surface area contributed by atoms with Crippen LogP contribution in [0.15, 0.2) is 48.5 Å². The molecule has 1 nitrogen and oxygen atoms in total. The highest BCUT2D eigenvalue weighted by Crippen LogP contribution is 2.32. The van der Waals surface area contributed by atoms with Crippen molar-refractivity contribution < 1.29 is 0 Å². The smallest absolute Gasteiger partial charge is 0.0610 e. The van der Waals surface area contributed by atoms with Crippen molar-refractivity contribution in [2.75, 3.05) is 4.42 Å². The normalized spacial score (nSPS) is 10.2. The van der Waals surface area contributed by atoms with Gasteiger partial charge in [0.15, 0.2) is 0 Å². The third kappa shape index (κ3) is 2.05. The molecule has 0 fully saturated rings. The molecule has 0 saturated heterocycles. The number of benzene rings is 2. The van der Waals surface area contributed by atoms with Gasteiger partial charge in [-0.1, -0.05) is 36.4 Å². The molecule has 0 heterocycles. The van der Waals surface area contributed by atoms with Crippen molar-refractivity contribution in [1.29, 1.82) is 0 Å². The average Bonchev–Trinajstić information content (AvgIpc) is 2.29. The summed E-state index contributed by atoms with van der Waals surface area (Å²) in [6, 6.07) is 16.2. The second-order valence-corrected chi connectivity index (χ2v) is 4.19. The molecule has 16 heavy (non-hydrogen) atoms. The van der Waals surface area contributed by atoms with E-state index in [2.05, 4.69) is 26.0 Å². The van der Waals surface area contributed by atoms with Crippen LogP contribution in [0, 0.1) is 13.8 Å². The number of para-hydroxylation sites is 2. The predicted molar refractivity (Wildman–Crippen MR) is 70.4 cm³/mol. The van der Waals surface area contributed by atoms with Gasteiger partial charge in [-0.2, -0.15) is 0 Å². The molecule has 0 N–H and O–H groups in total. The van der Waals surface area contributed by atoms with E-state index in [4.69, 9.17) is 11.8 Å². The largest absolute Gasteiger partial charge is 0.253 e. The third-order valence-corrected chi connectivity index (χ3v) is 3.02. The molecule has 0 aliphatic rings. The van der Waals surface area contributed by atoms with Gasteiger partial charge >= 0.3 is 0 Å². The number of anilines is 2. The summed E-state index contributed by atoms with van der Waals surface area (Å²) in [6.07, 6.45) is 0. The van der Waals surface area contributed by atoms with E-state index in [0.717, 1.165) is 11.4 Å². The Morgan fingerprint density at radius 1 is 0.750 bits per heavy atom. The summed E-state index contributed by atoms with van der Waals surface area (Å²) < 4.78 is 1.71. The zero-order chi connectivity index (χ0) is 11.5. The minimum atomic E-state index is 1.03. The summed E-state index contributed by atoms with van der Waals surface area (Å²) in [5, 5.41) is 0. The average molecular weight is 232 g/mol. The van der Waals surface area contributed by atoms with Crippen LogP contribution < -0.4 is 4.42 Å². The Bertz CT molecular complexity index is 448. The molecule has 0 radical (unpaired) electrons. The van der Waals surface area contributed by atoms with Gasteiger partial charge in [-0.3, -0.25) is 4.42 Å². The first-order valence-electron chi connectivity index (χ1n) is 5.27. The lowest BCUT2D eigenvalue weighted by molar-refractivity contribution is 1.31. The van der Waals surface area contributed by atoms with Crippen molar-refractivity contribution in [2.45, 2.75) is 13.8 Å². The summed E-state index contributed by atoms with van der Waals surface area (Å²) in [6.45, 7) is 4.12. The van der Waals surface area contributed by atoms with E-state index in [9.17, 15) is 0 Å². The van der Waals surface area contributed by atoms with Gasteiger partial charge in [-0.15, -0.1) is 0 Å². The number of hydrogen-bond donors (Lipinski definition) is 0. The third-order valence-electron chi connectivity index (χ3n) is 2.65. The standard InChI is InChI=1S/C14H14ClN/c1-11-7-3-5-9-13(11)16(15)14-10-6-4-8-12(14)2/h3-10H,1-2H3. The topological polar surface area (TPSA) is 3.24 Å². The minimum Gasteiger partial charge on any atom is -0.253 e. The van der Waals surface area contributed by atoms with E-state index in [1.165, 1.54) is 11.1 Å². The van der Waals surface area contributed by atoms with E-state index in [1.54, 1.807) is 4.42 Å². The molecule has 0 aliphatic carbocycles. The van der Waals surface area contributed by atoms with Gasteiger partial charge in [0, 0.05) is 11.8 Å². The lowest BCUT2D eigenvalue weighted by Crippen LogP contribution is -2.04. The highest BCUT2D eigenvalue weighted by atomic mass is 35.5. The molecule has 0 aliphatic heterocycles. The zero-order valence-electron chi connectivity index (χ0n) is 9.44. The van der Waals surface area contributed by atoms with E-state index >= 15 is 0 Å². The van der Waals surface area contributed by atoms with Crippen molar-refractivity contribution in [2.24, 2.45) is 0 Å². The number of rotatable bonds is 2. The first kappa shape index (κ1) is 11.0. The molecule has 82 valence electrons. The van der Waals surface area contributed by atoms with Crippen LogP contribution >= 0.6 is 11.8 Å². The van der Waals surface area contributed by atoms with Crippen molar-refractivity contribution in [3.63, 3.8) is 0 Å².